The Balaban J connectivity index is 1.07. The van der Waals surface area contributed by atoms with Gasteiger partial charge in [0.2, 0.25) is 0 Å². The number of hydrogen-bond donors (Lipinski definition) is 0. The number of aromatic nitrogens is 3. The van der Waals surface area contributed by atoms with Crippen molar-refractivity contribution in [1.82, 2.24) is 15.0 Å². The van der Waals surface area contributed by atoms with Gasteiger partial charge in [-0.3, -0.25) is 0 Å². The minimum absolute atomic E-state index is 0.588. The largest absolute Gasteiger partial charge is 0.456 e. The van der Waals surface area contributed by atoms with Gasteiger partial charge in [0.25, 0.3) is 0 Å². The summed E-state index contributed by atoms with van der Waals surface area (Å²) in [7, 11) is 0. The molecule has 0 aliphatic heterocycles. The van der Waals surface area contributed by atoms with Gasteiger partial charge in [0.1, 0.15) is 11.2 Å². The summed E-state index contributed by atoms with van der Waals surface area (Å²) in [6, 6.07) is 72.2. The lowest BCUT2D eigenvalue weighted by atomic mass is 9.65. The first-order chi connectivity index (χ1) is 31.2. The minimum atomic E-state index is -0.665. The molecule has 12 aromatic rings. The van der Waals surface area contributed by atoms with Crippen molar-refractivity contribution in [2.75, 3.05) is 0 Å². The number of thiophene rings is 1. The molecule has 0 N–H and O–H groups in total. The molecule has 0 bridgehead atoms. The lowest BCUT2D eigenvalue weighted by Gasteiger charge is -2.35. The van der Waals surface area contributed by atoms with Gasteiger partial charge in [-0.05, 0) is 80.4 Å². The Kier molecular flexibility index (Phi) is 7.16. The van der Waals surface area contributed by atoms with E-state index in [-0.39, 0.29) is 0 Å². The van der Waals surface area contributed by atoms with Crippen LogP contribution in [-0.4, -0.2) is 15.0 Å². The quantitative estimate of drug-likeness (QED) is 0.178. The smallest absolute Gasteiger partial charge is 0.164 e. The minimum Gasteiger partial charge on any atom is -0.456 e. The van der Waals surface area contributed by atoms with Crippen LogP contribution in [0.25, 0.3) is 110 Å². The van der Waals surface area contributed by atoms with Crippen LogP contribution in [0.3, 0.4) is 0 Å². The number of hydrogen-bond acceptors (Lipinski definition) is 5. The highest BCUT2D eigenvalue weighted by atomic mass is 32.1. The fourth-order valence-corrected chi connectivity index (χ4v) is 12.0. The van der Waals surface area contributed by atoms with E-state index >= 15 is 0 Å². The summed E-state index contributed by atoms with van der Waals surface area (Å²) < 4.78 is 8.99. The van der Waals surface area contributed by atoms with E-state index in [0.29, 0.717) is 17.5 Å². The molecule has 1 spiro atoms. The van der Waals surface area contributed by atoms with Crippen LogP contribution in [0.2, 0.25) is 0 Å². The zero-order chi connectivity index (χ0) is 41.2. The predicted octanol–water partition coefficient (Wildman–Crippen LogP) is 15.2. The second-order valence-electron chi connectivity index (χ2n) is 16.6. The van der Waals surface area contributed by atoms with Gasteiger partial charge in [-0.15, -0.1) is 11.3 Å². The SMILES string of the molecule is c1ccc(-c2nc(-c3ccc4c(c3)C3(c5ccccc5-c5ccccc5-4)c4ccccc4-c4c3ccc3c4sc4ccccc43)nc(-c3ccc4c(c3)oc3ccccc34)n2)cc1. The molecule has 14 rings (SSSR count). The predicted molar refractivity (Wildman–Crippen MR) is 258 cm³/mol. The summed E-state index contributed by atoms with van der Waals surface area (Å²) in [5.41, 5.74) is 16.2. The molecule has 2 aliphatic carbocycles. The topological polar surface area (TPSA) is 51.8 Å². The molecule has 292 valence electrons. The van der Waals surface area contributed by atoms with Crippen LogP contribution in [0.1, 0.15) is 22.3 Å². The number of furan rings is 1. The Morgan fingerprint density at radius 1 is 0.349 bits per heavy atom. The molecule has 9 aromatic carbocycles. The summed E-state index contributed by atoms with van der Waals surface area (Å²) >= 11 is 1.90. The number of fused-ring (bicyclic) bond motifs is 19. The zero-order valence-corrected chi connectivity index (χ0v) is 34.5. The summed E-state index contributed by atoms with van der Waals surface area (Å²) in [6.07, 6.45) is 0. The van der Waals surface area contributed by atoms with E-state index in [1.165, 1.54) is 75.8 Å². The molecule has 4 nitrogen and oxygen atoms in total. The van der Waals surface area contributed by atoms with Gasteiger partial charge >= 0.3 is 0 Å². The third kappa shape index (κ3) is 4.83. The summed E-state index contributed by atoms with van der Waals surface area (Å²) in [4.78, 5) is 15.7. The van der Waals surface area contributed by atoms with E-state index in [9.17, 15) is 0 Å². The van der Waals surface area contributed by atoms with Gasteiger partial charge in [-0.1, -0.05) is 170 Å². The summed E-state index contributed by atoms with van der Waals surface area (Å²) in [5.74, 6) is 1.81. The average Bonchev–Trinajstić information content (AvgIpc) is 4.00. The van der Waals surface area contributed by atoms with Gasteiger partial charge in [-0.2, -0.15) is 0 Å². The van der Waals surface area contributed by atoms with Gasteiger partial charge in [0, 0.05) is 53.2 Å². The fourth-order valence-electron chi connectivity index (χ4n) is 10.7. The fraction of sp³-hybridized carbons (Fsp3) is 0.0172. The lowest BCUT2D eigenvalue weighted by Crippen LogP contribution is -2.29. The maximum atomic E-state index is 6.36. The van der Waals surface area contributed by atoms with E-state index in [1.807, 2.05) is 47.7 Å². The molecule has 3 heterocycles. The maximum Gasteiger partial charge on any atom is 0.164 e. The molecule has 2 aliphatic rings. The second kappa shape index (κ2) is 13.0. The molecule has 1 atom stereocenters. The molecular weight excluding hydrogens is 787 g/mol. The molecule has 0 fully saturated rings. The van der Waals surface area contributed by atoms with Gasteiger partial charge in [-0.25, -0.2) is 15.0 Å². The monoisotopic (exact) mass is 819 g/mol. The molecule has 0 saturated heterocycles. The van der Waals surface area contributed by atoms with Crippen LogP contribution in [0.5, 0.6) is 0 Å². The second-order valence-corrected chi connectivity index (χ2v) is 17.6. The molecular formula is C58H33N3OS. The lowest BCUT2D eigenvalue weighted by molar-refractivity contribution is 0.669. The van der Waals surface area contributed by atoms with E-state index < -0.39 is 5.41 Å². The molecule has 5 heteroatoms. The number of rotatable bonds is 3. The molecule has 63 heavy (non-hydrogen) atoms. The van der Waals surface area contributed by atoms with Crippen molar-refractivity contribution in [3.8, 4) is 67.5 Å². The van der Waals surface area contributed by atoms with Crippen LogP contribution in [0.4, 0.5) is 0 Å². The number of nitrogens with zero attached hydrogens (tertiary/aromatic N) is 3. The molecule has 3 aromatic heterocycles. The van der Waals surface area contributed by atoms with E-state index in [2.05, 4.69) is 164 Å². The summed E-state index contributed by atoms with van der Waals surface area (Å²) in [6.45, 7) is 0. The average molecular weight is 820 g/mol. The first kappa shape index (κ1) is 34.7. The molecule has 0 radical (unpaired) electrons. The zero-order valence-electron chi connectivity index (χ0n) is 33.7. The molecule has 0 amide bonds. The molecule has 1 unspecified atom stereocenters. The number of para-hydroxylation sites is 1. The first-order valence-electron chi connectivity index (χ1n) is 21.3. The van der Waals surface area contributed by atoms with Crippen molar-refractivity contribution in [2.24, 2.45) is 0 Å². The highest BCUT2D eigenvalue weighted by Crippen LogP contribution is 2.63. The van der Waals surface area contributed by atoms with Crippen LogP contribution >= 0.6 is 11.3 Å². The van der Waals surface area contributed by atoms with E-state index in [4.69, 9.17) is 19.4 Å². The van der Waals surface area contributed by atoms with Crippen LogP contribution in [-0.2, 0) is 5.41 Å². The van der Waals surface area contributed by atoms with Crippen LogP contribution < -0.4 is 0 Å². The van der Waals surface area contributed by atoms with Crippen molar-refractivity contribution in [1.29, 1.82) is 0 Å². The first-order valence-corrected chi connectivity index (χ1v) is 22.2. The Morgan fingerprint density at radius 3 is 1.70 bits per heavy atom. The van der Waals surface area contributed by atoms with Gasteiger partial charge < -0.3 is 4.42 Å². The molecule has 0 saturated carbocycles. The Bertz CT molecular complexity index is 3880. The van der Waals surface area contributed by atoms with E-state index in [0.717, 1.165) is 38.6 Å². The summed E-state index contributed by atoms with van der Waals surface area (Å²) in [5, 5.41) is 4.75. The third-order valence-corrected chi connectivity index (χ3v) is 14.6. The highest BCUT2D eigenvalue weighted by molar-refractivity contribution is 7.26. The van der Waals surface area contributed by atoms with E-state index in [1.54, 1.807) is 0 Å². The van der Waals surface area contributed by atoms with Gasteiger partial charge in [0.15, 0.2) is 17.5 Å². The maximum absolute atomic E-state index is 6.36. The van der Waals surface area contributed by atoms with Crippen LogP contribution in [0.15, 0.2) is 205 Å². The van der Waals surface area contributed by atoms with Crippen molar-refractivity contribution in [2.45, 2.75) is 5.41 Å². The van der Waals surface area contributed by atoms with Crippen molar-refractivity contribution in [3.05, 3.63) is 222 Å². The standard InChI is InChI=1S/C58H33N3OS/c1-2-14-34(15-3-1)55-59-56(61-57(60-55)36-27-29-42-41-19-8-12-24-50(41)62-51(42)33-36)35-26-28-40-38-17-5-4-16-37(38)39-18-6-10-22-46(39)58(49(40)32-35)47-23-11-7-21-45(47)53-48(58)31-30-44-43-20-9-13-25-52(43)63-54(44)53/h1-33H. The normalized spacial score (nSPS) is 14.7. The Morgan fingerprint density at radius 2 is 0.905 bits per heavy atom. The van der Waals surface area contributed by atoms with Gasteiger partial charge in [0.05, 0.1) is 5.41 Å². The van der Waals surface area contributed by atoms with Crippen molar-refractivity contribution >= 4 is 53.4 Å². The highest BCUT2D eigenvalue weighted by Gasteiger charge is 2.50. The van der Waals surface area contributed by atoms with Crippen molar-refractivity contribution in [3.63, 3.8) is 0 Å². The Hall–Kier alpha value is -7.99. The Labute approximate surface area is 366 Å². The third-order valence-electron chi connectivity index (χ3n) is 13.4. The van der Waals surface area contributed by atoms with Crippen LogP contribution in [0, 0.1) is 0 Å². The van der Waals surface area contributed by atoms with Crippen molar-refractivity contribution < 1.29 is 4.42 Å². The number of benzene rings is 9.